The van der Waals surface area contributed by atoms with Gasteiger partial charge in [0.25, 0.3) is 0 Å². The summed E-state index contributed by atoms with van der Waals surface area (Å²) in [6, 6.07) is 0. The monoisotopic (exact) mass is 210 g/mol. The van der Waals surface area contributed by atoms with Crippen molar-refractivity contribution in [1.82, 2.24) is 0 Å². The van der Waals surface area contributed by atoms with Crippen LogP contribution >= 0.6 is 11.3 Å². The second-order valence-corrected chi connectivity index (χ2v) is 5.09. The number of aryl methyl sites for hydroxylation is 2. The van der Waals surface area contributed by atoms with Crippen molar-refractivity contribution in [2.45, 2.75) is 59.3 Å². The molecule has 1 aromatic heterocycles. The molecule has 0 aliphatic heterocycles. The largest absolute Gasteiger partial charge is 0.149 e. The Bertz CT molecular complexity index is 260. The number of thiophene rings is 1. The molecule has 0 aliphatic carbocycles. The van der Waals surface area contributed by atoms with Gasteiger partial charge >= 0.3 is 0 Å². The second-order valence-electron chi connectivity index (χ2n) is 4.00. The van der Waals surface area contributed by atoms with E-state index in [0.717, 1.165) is 0 Å². The summed E-state index contributed by atoms with van der Waals surface area (Å²) in [5, 5.41) is 2.37. The van der Waals surface area contributed by atoms with E-state index in [4.69, 9.17) is 0 Å². The van der Waals surface area contributed by atoms with Crippen molar-refractivity contribution in [1.29, 1.82) is 0 Å². The van der Waals surface area contributed by atoms with Gasteiger partial charge in [-0.3, -0.25) is 0 Å². The maximum Gasteiger partial charge on any atom is 0.00490 e. The van der Waals surface area contributed by atoms with Crippen LogP contribution in [-0.4, -0.2) is 0 Å². The van der Waals surface area contributed by atoms with Gasteiger partial charge in [-0.15, -0.1) is 11.3 Å². The average molecular weight is 210 g/mol. The normalized spacial score (nSPS) is 10.8. The third-order valence-electron chi connectivity index (χ3n) is 2.77. The second kappa shape index (κ2) is 6.23. The van der Waals surface area contributed by atoms with Gasteiger partial charge in [0, 0.05) is 4.88 Å². The number of rotatable bonds is 6. The van der Waals surface area contributed by atoms with E-state index in [0.29, 0.717) is 0 Å². The van der Waals surface area contributed by atoms with E-state index in [9.17, 15) is 0 Å². The van der Waals surface area contributed by atoms with E-state index < -0.39 is 0 Å². The van der Waals surface area contributed by atoms with E-state index in [2.05, 4.69) is 26.2 Å². The Balaban J connectivity index is 2.62. The Labute approximate surface area is 92.4 Å². The molecule has 1 heterocycles. The predicted octanol–water partition coefficient (Wildman–Crippen LogP) is 4.74. The molecule has 1 heteroatoms. The minimum atomic E-state index is 1.29. The minimum absolute atomic E-state index is 1.29. The molecule has 1 rings (SSSR count). The van der Waals surface area contributed by atoms with Gasteiger partial charge < -0.3 is 0 Å². The van der Waals surface area contributed by atoms with E-state index >= 15 is 0 Å². The highest BCUT2D eigenvalue weighted by Gasteiger charge is 2.07. The van der Waals surface area contributed by atoms with E-state index in [1.807, 2.05) is 11.3 Å². The van der Waals surface area contributed by atoms with Crippen molar-refractivity contribution in [2.24, 2.45) is 0 Å². The molecule has 0 unspecified atom stereocenters. The number of hydrogen-bond donors (Lipinski definition) is 0. The summed E-state index contributed by atoms with van der Waals surface area (Å²) < 4.78 is 0. The number of hydrogen-bond acceptors (Lipinski definition) is 1. The highest BCUT2D eigenvalue weighted by molar-refractivity contribution is 7.10. The van der Waals surface area contributed by atoms with Crippen molar-refractivity contribution in [2.75, 3.05) is 0 Å². The molecule has 0 aromatic carbocycles. The van der Waals surface area contributed by atoms with Crippen LogP contribution in [0, 0.1) is 6.92 Å². The molecular weight excluding hydrogens is 188 g/mol. The van der Waals surface area contributed by atoms with Crippen LogP contribution in [-0.2, 0) is 12.8 Å². The van der Waals surface area contributed by atoms with Crippen LogP contribution in [0.4, 0.5) is 0 Å². The molecule has 0 saturated heterocycles. The van der Waals surface area contributed by atoms with Crippen LogP contribution in [0.2, 0.25) is 0 Å². The first-order valence-corrected chi connectivity index (χ1v) is 6.73. The van der Waals surface area contributed by atoms with Crippen molar-refractivity contribution in [3.8, 4) is 0 Å². The lowest BCUT2D eigenvalue weighted by Gasteiger charge is -2.04. The molecule has 0 atom stereocenters. The molecule has 0 N–H and O–H groups in total. The lowest BCUT2D eigenvalue weighted by molar-refractivity contribution is 0.760. The Morgan fingerprint density at radius 3 is 2.36 bits per heavy atom. The summed E-state index contributed by atoms with van der Waals surface area (Å²) in [6.45, 7) is 6.81. The highest BCUT2D eigenvalue weighted by atomic mass is 32.1. The van der Waals surface area contributed by atoms with Crippen LogP contribution < -0.4 is 0 Å². The lowest BCUT2D eigenvalue weighted by atomic mass is 10.0. The van der Waals surface area contributed by atoms with Crippen molar-refractivity contribution in [3.63, 3.8) is 0 Å². The van der Waals surface area contributed by atoms with E-state index in [1.165, 1.54) is 38.5 Å². The van der Waals surface area contributed by atoms with Crippen LogP contribution in [0.15, 0.2) is 5.38 Å². The van der Waals surface area contributed by atoms with Gasteiger partial charge in [-0.1, -0.05) is 26.7 Å². The van der Waals surface area contributed by atoms with Gasteiger partial charge in [0.1, 0.15) is 0 Å². The smallest absolute Gasteiger partial charge is 0.00490 e. The number of unbranched alkanes of at least 4 members (excludes halogenated alkanes) is 2. The topological polar surface area (TPSA) is 0 Å². The van der Waals surface area contributed by atoms with Crippen LogP contribution in [0.25, 0.3) is 0 Å². The van der Waals surface area contributed by atoms with Gasteiger partial charge in [0.2, 0.25) is 0 Å². The summed E-state index contributed by atoms with van der Waals surface area (Å²) in [4.78, 5) is 1.55. The molecule has 0 spiro atoms. The minimum Gasteiger partial charge on any atom is -0.149 e. The molecule has 0 fully saturated rings. The molecular formula is C13H22S. The molecule has 0 radical (unpaired) electrons. The van der Waals surface area contributed by atoms with Gasteiger partial charge in [0.15, 0.2) is 0 Å². The van der Waals surface area contributed by atoms with Crippen molar-refractivity contribution >= 4 is 11.3 Å². The summed E-state index contributed by atoms with van der Waals surface area (Å²) in [6.07, 6.45) is 7.89. The third-order valence-corrected chi connectivity index (χ3v) is 3.77. The van der Waals surface area contributed by atoms with Crippen LogP contribution in [0.1, 0.15) is 55.5 Å². The first-order valence-electron chi connectivity index (χ1n) is 5.85. The SMILES string of the molecule is CCCCc1csc(C)c1CCCC. The zero-order valence-corrected chi connectivity index (χ0v) is 10.5. The molecule has 0 amide bonds. The summed E-state index contributed by atoms with van der Waals surface area (Å²) in [7, 11) is 0. The zero-order valence-electron chi connectivity index (χ0n) is 9.73. The summed E-state index contributed by atoms with van der Waals surface area (Å²) in [5.41, 5.74) is 3.29. The maximum absolute atomic E-state index is 2.37. The first-order chi connectivity index (χ1) is 6.79. The fourth-order valence-electron chi connectivity index (χ4n) is 1.80. The maximum atomic E-state index is 2.37. The Morgan fingerprint density at radius 1 is 1.07 bits per heavy atom. The average Bonchev–Trinajstić information content (AvgIpc) is 2.53. The van der Waals surface area contributed by atoms with Crippen molar-refractivity contribution < 1.29 is 0 Å². The summed E-state index contributed by atoms with van der Waals surface area (Å²) >= 11 is 1.93. The fraction of sp³-hybridized carbons (Fsp3) is 0.692. The Hall–Kier alpha value is -0.300. The van der Waals surface area contributed by atoms with Crippen LogP contribution in [0.3, 0.4) is 0 Å². The quantitative estimate of drug-likeness (QED) is 0.636. The predicted molar refractivity (Wildman–Crippen MR) is 66.3 cm³/mol. The van der Waals surface area contributed by atoms with Gasteiger partial charge in [-0.05, 0) is 49.1 Å². The van der Waals surface area contributed by atoms with Gasteiger partial charge in [-0.2, -0.15) is 0 Å². The molecule has 0 nitrogen and oxygen atoms in total. The molecule has 0 bridgehead atoms. The van der Waals surface area contributed by atoms with Crippen molar-refractivity contribution in [3.05, 3.63) is 21.4 Å². The Morgan fingerprint density at radius 2 is 1.71 bits per heavy atom. The molecule has 1 aromatic rings. The van der Waals surface area contributed by atoms with Gasteiger partial charge in [-0.25, -0.2) is 0 Å². The van der Waals surface area contributed by atoms with Crippen LogP contribution in [0.5, 0.6) is 0 Å². The zero-order chi connectivity index (χ0) is 10.4. The standard InChI is InChI=1S/C13H22S/c1-4-6-8-12-10-14-11(3)13(12)9-7-5-2/h10H,4-9H2,1-3H3. The molecule has 80 valence electrons. The fourth-order valence-corrected chi connectivity index (χ4v) is 2.75. The summed E-state index contributed by atoms with van der Waals surface area (Å²) in [5.74, 6) is 0. The molecule has 0 saturated carbocycles. The molecule has 14 heavy (non-hydrogen) atoms. The molecule has 0 aliphatic rings. The first kappa shape index (κ1) is 11.8. The van der Waals surface area contributed by atoms with E-state index in [1.54, 1.807) is 16.0 Å². The lowest BCUT2D eigenvalue weighted by Crippen LogP contribution is -1.92. The Kier molecular flexibility index (Phi) is 5.24. The third kappa shape index (κ3) is 3.13. The highest BCUT2D eigenvalue weighted by Crippen LogP contribution is 2.25. The van der Waals surface area contributed by atoms with E-state index in [-0.39, 0.29) is 0 Å². The van der Waals surface area contributed by atoms with Gasteiger partial charge in [0.05, 0.1) is 0 Å².